The number of methoxy groups -OCH3 is 1. The zero-order valence-corrected chi connectivity index (χ0v) is 15.4. The average Bonchev–Trinajstić information content (AvgIpc) is 3.20. The standard InChI is InChI=1S/C18H25N5O3/c1-22-10-15(17-9-20-12-23(17)2)16(11-22)21-18(24)13-6-14(8-19-7-13)26-5-4-25-3/h6-9,12,15-16H,4-5,10-11H2,1-3H3,(H,21,24)/t15-,16-/m1/s1. The molecule has 0 unspecified atom stereocenters. The third kappa shape index (κ3) is 4.20. The first kappa shape index (κ1) is 18.3. The van der Waals surface area contributed by atoms with E-state index in [2.05, 4.69) is 27.2 Å². The smallest absolute Gasteiger partial charge is 0.253 e. The molecule has 3 heterocycles. The number of aromatic nitrogens is 3. The molecule has 1 fully saturated rings. The van der Waals surface area contributed by atoms with Crippen LogP contribution in [0.4, 0.5) is 0 Å². The third-order valence-electron chi connectivity index (χ3n) is 4.58. The van der Waals surface area contributed by atoms with Gasteiger partial charge in [0.05, 0.1) is 30.7 Å². The molecule has 140 valence electrons. The predicted molar refractivity (Wildman–Crippen MR) is 96.3 cm³/mol. The molecule has 0 radical (unpaired) electrons. The molecule has 8 heteroatoms. The quantitative estimate of drug-likeness (QED) is 0.732. The zero-order valence-electron chi connectivity index (χ0n) is 15.4. The van der Waals surface area contributed by atoms with Gasteiger partial charge >= 0.3 is 0 Å². The Morgan fingerprint density at radius 1 is 1.23 bits per heavy atom. The fraction of sp³-hybridized carbons (Fsp3) is 0.500. The minimum absolute atomic E-state index is 0.0148. The molecule has 1 N–H and O–H groups in total. The molecule has 8 nitrogen and oxygen atoms in total. The number of hydrogen-bond donors (Lipinski definition) is 1. The van der Waals surface area contributed by atoms with Crippen LogP contribution in [0.3, 0.4) is 0 Å². The SMILES string of the molecule is COCCOc1cncc(C(=O)N[C@@H]2CN(C)C[C@H]2c2cncn2C)c1. The summed E-state index contributed by atoms with van der Waals surface area (Å²) in [6.07, 6.45) is 6.80. The fourth-order valence-electron chi connectivity index (χ4n) is 3.29. The van der Waals surface area contributed by atoms with Crippen molar-refractivity contribution >= 4 is 5.91 Å². The van der Waals surface area contributed by atoms with Crippen molar-refractivity contribution in [1.82, 2.24) is 24.8 Å². The summed E-state index contributed by atoms with van der Waals surface area (Å²) in [4.78, 5) is 23.2. The van der Waals surface area contributed by atoms with Crippen molar-refractivity contribution < 1.29 is 14.3 Å². The van der Waals surface area contributed by atoms with Gasteiger partial charge in [0.2, 0.25) is 0 Å². The summed E-state index contributed by atoms with van der Waals surface area (Å²) in [7, 11) is 5.65. The van der Waals surface area contributed by atoms with Crippen LogP contribution in [0.5, 0.6) is 5.75 Å². The van der Waals surface area contributed by atoms with E-state index in [1.165, 1.54) is 0 Å². The molecule has 0 aliphatic carbocycles. The summed E-state index contributed by atoms with van der Waals surface area (Å²) >= 11 is 0. The molecule has 1 aliphatic rings. The highest BCUT2D eigenvalue weighted by atomic mass is 16.5. The van der Waals surface area contributed by atoms with Gasteiger partial charge in [0.25, 0.3) is 5.91 Å². The van der Waals surface area contributed by atoms with Gasteiger partial charge in [-0.1, -0.05) is 0 Å². The number of carbonyl (C=O) groups excluding carboxylic acids is 1. The summed E-state index contributed by atoms with van der Waals surface area (Å²) in [6.45, 7) is 2.57. The first-order valence-electron chi connectivity index (χ1n) is 8.61. The monoisotopic (exact) mass is 359 g/mol. The molecule has 0 bridgehead atoms. The van der Waals surface area contributed by atoms with Gasteiger partial charge in [0.1, 0.15) is 12.4 Å². The molecule has 3 rings (SSSR count). The van der Waals surface area contributed by atoms with Crippen molar-refractivity contribution in [2.45, 2.75) is 12.0 Å². The fourth-order valence-corrected chi connectivity index (χ4v) is 3.29. The van der Waals surface area contributed by atoms with E-state index in [1.54, 1.807) is 31.9 Å². The number of hydrogen-bond acceptors (Lipinski definition) is 6. The highest BCUT2D eigenvalue weighted by molar-refractivity contribution is 5.94. The van der Waals surface area contributed by atoms with Gasteiger partial charge in [0, 0.05) is 51.3 Å². The maximum Gasteiger partial charge on any atom is 0.253 e. The van der Waals surface area contributed by atoms with Crippen LogP contribution >= 0.6 is 0 Å². The van der Waals surface area contributed by atoms with E-state index < -0.39 is 0 Å². The van der Waals surface area contributed by atoms with Crippen LogP contribution in [-0.2, 0) is 11.8 Å². The van der Waals surface area contributed by atoms with Gasteiger partial charge in [-0.2, -0.15) is 0 Å². The summed E-state index contributed by atoms with van der Waals surface area (Å²) in [5, 5.41) is 3.14. The number of likely N-dealkylation sites (N-methyl/N-ethyl adjacent to an activating group) is 1. The number of ether oxygens (including phenoxy) is 2. The van der Waals surface area contributed by atoms with E-state index in [1.807, 2.05) is 17.8 Å². The Hall–Kier alpha value is -2.45. The largest absolute Gasteiger partial charge is 0.490 e. The molecule has 0 aromatic carbocycles. The highest BCUT2D eigenvalue weighted by Gasteiger charge is 2.34. The van der Waals surface area contributed by atoms with Gasteiger partial charge < -0.3 is 24.3 Å². The Labute approximate surface area is 153 Å². The Balaban J connectivity index is 1.68. The van der Waals surface area contributed by atoms with Crippen molar-refractivity contribution in [1.29, 1.82) is 0 Å². The number of amides is 1. The number of likely N-dealkylation sites (tertiary alicyclic amines) is 1. The summed E-state index contributed by atoms with van der Waals surface area (Å²) in [5.74, 6) is 0.606. The highest BCUT2D eigenvalue weighted by Crippen LogP contribution is 2.26. The lowest BCUT2D eigenvalue weighted by Crippen LogP contribution is -2.40. The Bertz CT molecular complexity index is 748. The number of nitrogens with one attached hydrogen (secondary N) is 1. The molecule has 2 aromatic rings. The number of rotatable bonds is 7. The van der Waals surface area contributed by atoms with Gasteiger partial charge in [-0.3, -0.25) is 9.78 Å². The van der Waals surface area contributed by atoms with E-state index in [0.717, 1.165) is 18.8 Å². The molecule has 0 spiro atoms. The van der Waals surface area contributed by atoms with Gasteiger partial charge in [-0.25, -0.2) is 4.98 Å². The van der Waals surface area contributed by atoms with Crippen molar-refractivity contribution in [2.24, 2.45) is 7.05 Å². The van der Waals surface area contributed by atoms with Crippen LogP contribution in [0, 0.1) is 0 Å². The van der Waals surface area contributed by atoms with E-state index in [9.17, 15) is 4.79 Å². The minimum atomic E-state index is -0.151. The van der Waals surface area contributed by atoms with Crippen LogP contribution < -0.4 is 10.1 Å². The second kappa shape index (κ2) is 8.29. The Kier molecular flexibility index (Phi) is 5.85. The summed E-state index contributed by atoms with van der Waals surface area (Å²) in [5.41, 5.74) is 1.60. The minimum Gasteiger partial charge on any atom is -0.490 e. The van der Waals surface area contributed by atoms with Crippen molar-refractivity contribution in [2.75, 3.05) is 40.5 Å². The molecular weight excluding hydrogens is 334 g/mol. The number of nitrogens with zero attached hydrogens (tertiary/aromatic N) is 4. The lowest BCUT2D eigenvalue weighted by atomic mass is 9.99. The zero-order chi connectivity index (χ0) is 18.5. The second-order valence-corrected chi connectivity index (χ2v) is 6.59. The molecule has 1 amide bonds. The van der Waals surface area contributed by atoms with E-state index >= 15 is 0 Å². The van der Waals surface area contributed by atoms with Crippen LogP contribution in [0.25, 0.3) is 0 Å². The van der Waals surface area contributed by atoms with Gasteiger partial charge in [-0.15, -0.1) is 0 Å². The van der Waals surface area contributed by atoms with Gasteiger partial charge in [0.15, 0.2) is 0 Å². The molecule has 1 aliphatic heterocycles. The maximum absolute atomic E-state index is 12.7. The predicted octanol–water partition coefficient (Wildman–Crippen LogP) is 0.668. The average molecular weight is 359 g/mol. The number of carbonyl (C=O) groups is 1. The van der Waals surface area contributed by atoms with Crippen molar-refractivity contribution in [3.8, 4) is 5.75 Å². The van der Waals surface area contributed by atoms with Crippen LogP contribution in [0.15, 0.2) is 31.0 Å². The third-order valence-corrected chi connectivity index (χ3v) is 4.58. The first-order valence-corrected chi connectivity index (χ1v) is 8.61. The second-order valence-electron chi connectivity index (χ2n) is 6.59. The molecule has 26 heavy (non-hydrogen) atoms. The topological polar surface area (TPSA) is 81.5 Å². The number of aryl methyl sites for hydroxylation is 1. The molecule has 1 saturated heterocycles. The van der Waals surface area contributed by atoms with E-state index in [-0.39, 0.29) is 17.9 Å². The Morgan fingerprint density at radius 3 is 2.81 bits per heavy atom. The number of imidazole rings is 1. The summed E-state index contributed by atoms with van der Waals surface area (Å²) < 4.78 is 12.5. The maximum atomic E-state index is 12.7. The molecular formula is C18H25N5O3. The van der Waals surface area contributed by atoms with Crippen molar-refractivity contribution in [3.63, 3.8) is 0 Å². The first-order chi connectivity index (χ1) is 12.6. The molecule has 0 saturated carbocycles. The lowest BCUT2D eigenvalue weighted by Gasteiger charge is -2.20. The van der Waals surface area contributed by atoms with Crippen LogP contribution in [-0.4, -0.2) is 71.8 Å². The van der Waals surface area contributed by atoms with Gasteiger partial charge in [-0.05, 0) is 13.1 Å². The normalized spacial score (nSPS) is 20.3. The Morgan fingerprint density at radius 2 is 2.08 bits per heavy atom. The molecule has 2 atom stereocenters. The van der Waals surface area contributed by atoms with Crippen LogP contribution in [0.1, 0.15) is 22.0 Å². The summed E-state index contributed by atoms with van der Waals surface area (Å²) in [6, 6.07) is 1.72. The van der Waals surface area contributed by atoms with E-state index in [4.69, 9.17) is 9.47 Å². The lowest BCUT2D eigenvalue weighted by molar-refractivity contribution is 0.0934. The van der Waals surface area contributed by atoms with Crippen LogP contribution in [0.2, 0.25) is 0 Å². The molecule has 2 aromatic heterocycles. The number of pyridine rings is 1. The van der Waals surface area contributed by atoms with E-state index in [0.29, 0.717) is 24.5 Å². The van der Waals surface area contributed by atoms with Crippen molar-refractivity contribution in [3.05, 3.63) is 42.2 Å².